The molecule has 0 aliphatic carbocycles. The highest BCUT2D eigenvalue weighted by Crippen LogP contribution is 2.27. The van der Waals surface area contributed by atoms with Crippen LogP contribution in [-0.4, -0.2) is 36.1 Å². The average molecular weight is 223 g/mol. The van der Waals surface area contributed by atoms with Gasteiger partial charge in [-0.3, -0.25) is 4.79 Å². The molecule has 0 saturated carbocycles. The Morgan fingerprint density at radius 2 is 2.12 bits per heavy atom. The summed E-state index contributed by atoms with van der Waals surface area (Å²) in [5, 5.41) is 9.63. The van der Waals surface area contributed by atoms with Gasteiger partial charge in [-0.1, -0.05) is 0 Å². The Balaban J connectivity index is 2.92. The summed E-state index contributed by atoms with van der Waals surface area (Å²) in [4.78, 5) is 13.3. The van der Waals surface area contributed by atoms with Crippen LogP contribution >= 0.6 is 0 Å². The lowest BCUT2D eigenvalue weighted by Gasteiger charge is -2.15. The van der Waals surface area contributed by atoms with Gasteiger partial charge in [0.1, 0.15) is 0 Å². The van der Waals surface area contributed by atoms with Crippen molar-refractivity contribution in [3.05, 3.63) is 23.8 Å². The fourth-order valence-electron chi connectivity index (χ4n) is 1.29. The van der Waals surface area contributed by atoms with Crippen LogP contribution < -0.4 is 4.74 Å². The third kappa shape index (κ3) is 2.66. The predicted octanol–water partition coefficient (Wildman–Crippen LogP) is 1.88. The predicted molar refractivity (Wildman–Crippen MR) is 61.9 cm³/mol. The van der Waals surface area contributed by atoms with E-state index in [1.807, 2.05) is 13.8 Å². The molecule has 0 radical (unpaired) electrons. The zero-order valence-corrected chi connectivity index (χ0v) is 9.86. The molecule has 0 heterocycles. The fraction of sp³-hybridized carbons (Fsp3) is 0.417. The first-order valence-corrected chi connectivity index (χ1v) is 5.31. The number of hydrogen-bond acceptors (Lipinski definition) is 3. The van der Waals surface area contributed by atoms with Gasteiger partial charge in [-0.15, -0.1) is 0 Å². The minimum absolute atomic E-state index is 0.00259. The number of hydrogen-bond donors (Lipinski definition) is 1. The third-order valence-corrected chi connectivity index (χ3v) is 2.33. The van der Waals surface area contributed by atoms with Crippen molar-refractivity contribution >= 4 is 5.91 Å². The number of ether oxygens (including phenoxy) is 1. The summed E-state index contributed by atoms with van der Waals surface area (Å²) in [7, 11) is 1.72. The molecule has 0 aromatic heterocycles. The Morgan fingerprint density at radius 3 is 2.62 bits per heavy atom. The van der Waals surface area contributed by atoms with E-state index in [1.165, 1.54) is 6.07 Å². The highest BCUT2D eigenvalue weighted by Gasteiger charge is 2.12. The molecule has 1 aromatic carbocycles. The second-order valence-corrected chi connectivity index (χ2v) is 3.43. The number of phenolic OH excluding ortho intramolecular Hbond substituents is 1. The van der Waals surface area contributed by atoms with Crippen LogP contribution in [0.4, 0.5) is 0 Å². The topological polar surface area (TPSA) is 49.8 Å². The van der Waals surface area contributed by atoms with E-state index in [-0.39, 0.29) is 11.7 Å². The van der Waals surface area contributed by atoms with Crippen LogP contribution in [0.2, 0.25) is 0 Å². The van der Waals surface area contributed by atoms with Gasteiger partial charge >= 0.3 is 0 Å². The molecule has 0 aliphatic rings. The van der Waals surface area contributed by atoms with Crippen LogP contribution in [0, 0.1) is 0 Å². The average Bonchev–Trinajstić information content (AvgIpc) is 2.30. The standard InChI is InChI=1S/C12H17NO3/c1-4-13(3)12(15)9-6-7-11(16-5-2)10(14)8-9/h6-8,14H,4-5H2,1-3H3. The number of nitrogens with zero attached hydrogens (tertiary/aromatic N) is 1. The van der Waals surface area contributed by atoms with E-state index in [1.54, 1.807) is 24.1 Å². The second kappa shape index (κ2) is 5.39. The first kappa shape index (κ1) is 12.4. The van der Waals surface area contributed by atoms with Crippen molar-refractivity contribution in [3.63, 3.8) is 0 Å². The van der Waals surface area contributed by atoms with Crippen LogP contribution in [-0.2, 0) is 0 Å². The Kier molecular flexibility index (Phi) is 4.17. The molecule has 16 heavy (non-hydrogen) atoms. The number of phenols is 1. The largest absolute Gasteiger partial charge is 0.504 e. The van der Waals surface area contributed by atoms with E-state index in [0.717, 1.165) is 0 Å². The van der Waals surface area contributed by atoms with E-state index >= 15 is 0 Å². The van der Waals surface area contributed by atoms with E-state index in [9.17, 15) is 9.90 Å². The summed E-state index contributed by atoms with van der Waals surface area (Å²) in [5.41, 5.74) is 0.463. The highest BCUT2D eigenvalue weighted by atomic mass is 16.5. The quantitative estimate of drug-likeness (QED) is 0.847. The van der Waals surface area contributed by atoms with Crippen LogP contribution in [0.25, 0.3) is 0 Å². The van der Waals surface area contributed by atoms with Gasteiger partial charge in [0.05, 0.1) is 6.61 Å². The molecule has 0 fully saturated rings. The van der Waals surface area contributed by atoms with Gasteiger partial charge in [0.25, 0.3) is 5.91 Å². The molecule has 0 bridgehead atoms. The maximum atomic E-state index is 11.8. The van der Waals surface area contributed by atoms with Gasteiger partial charge in [0.2, 0.25) is 0 Å². The van der Waals surface area contributed by atoms with Crippen molar-refractivity contribution in [2.45, 2.75) is 13.8 Å². The zero-order valence-electron chi connectivity index (χ0n) is 9.86. The van der Waals surface area contributed by atoms with Gasteiger partial charge in [-0.05, 0) is 32.0 Å². The fourth-order valence-corrected chi connectivity index (χ4v) is 1.29. The highest BCUT2D eigenvalue weighted by molar-refractivity contribution is 5.94. The van der Waals surface area contributed by atoms with E-state index in [4.69, 9.17) is 4.74 Å². The summed E-state index contributed by atoms with van der Waals surface area (Å²) in [6.07, 6.45) is 0. The van der Waals surface area contributed by atoms with Crippen molar-refractivity contribution in [1.29, 1.82) is 0 Å². The number of carbonyl (C=O) groups is 1. The minimum Gasteiger partial charge on any atom is -0.504 e. The van der Waals surface area contributed by atoms with Crippen LogP contribution in [0.1, 0.15) is 24.2 Å². The monoisotopic (exact) mass is 223 g/mol. The number of benzene rings is 1. The molecule has 4 nitrogen and oxygen atoms in total. The first-order valence-electron chi connectivity index (χ1n) is 5.31. The molecule has 1 N–H and O–H groups in total. The smallest absolute Gasteiger partial charge is 0.253 e. The molecule has 0 aliphatic heterocycles. The lowest BCUT2D eigenvalue weighted by atomic mass is 10.2. The normalized spacial score (nSPS) is 9.94. The van der Waals surface area contributed by atoms with Gasteiger partial charge < -0.3 is 14.7 Å². The molecule has 0 atom stereocenters. The van der Waals surface area contributed by atoms with Crippen LogP contribution in [0.3, 0.4) is 0 Å². The molecule has 4 heteroatoms. The van der Waals surface area contributed by atoms with Crippen molar-refractivity contribution in [1.82, 2.24) is 4.90 Å². The Hall–Kier alpha value is -1.71. The first-order chi connectivity index (χ1) is 7.60. The maximum absolute atomic E-state index is 11.8. The molecule has 1 amide bonds. The Bertz CT molecular complexity index is 377. The maximum Gasteiger partial charge on any atom is 0.253 e. The lowest BCUT2D eigenvalue weighted by molar-refractivity contribution is 0.0802. The Labute approximate surface area is 95.5 Å². The summed E-state index contributed by atoms with van der Waals surface area (Å²) in [5.74, 6) is 0.288. The van der Waals surface area contributed by atoms with E-state index in [2.05, 4.69) is 0 Å². The summed E-state index contributed by atoms with van der Waals surface area (Å²) >= 11 is 0. The summed E-state index contributed by atoms with van der Waals surface area (Å²) < 4.78 is 5.18. The molecule has 0 saturated heterocycles. The van der Waals surface area contributed by atoms with Crippen molar-refractivity contribution in [3.8, 4) is 11.5 Å². The molecule has 0 spiro atoms. The van der Waals surface area contributed by atoms with Gasteiger partial charge in [0, 0.05) is 19.2 Å². The Morgan fingerprint density at radius 1 is 1.44 bits per heavy atom. The number of aromatic hydroxyl groups is 1. The van der Waals surface area contributed by atoms with Crippen molar-refractivity contribution in [2.75, 3.05) is 20.2 Å². The molecule has 0 unspecified atom stereocenters. The molecule has 1 rings (SSSR count). The second-order valence-electron chi connectivity index (χ2n) is 3.43. The molecule has 88 valence electrons. The van der Waals surface area contributed by atoms with Crippen molar-refractivity contribution in [2.24, 2.45) is 0 Å². The van der Waals surface area contributed by atoms with Gasteiger partial charge in [0.15, 0.2) is 11.5 Å². The number of rotatable bonds is 4. The molecular formula is C12H17NO3. The van der Waals surface area contributed by atoms with Crippen molar-refractivity contribution < 1.29 is 14.6 Å². The van der Waals surface area contributed by atoms with E-state index in [0.29, 0.717) is 24.5 Å². The van der Waals surface area contributed by atoms with Crippen LogP contribution in [0.15, 0.2) is 18.2 Å². The third-order valence-electron chi connectivity index (χ3n) is 2.33. The SMILES string of the molecule is CCOc1ccc(C(=O)N(C)CC)cc1O. The number of amides is 1. The lowest BCUT2D eigenvalue weighted by Crippen LogP contribution is -2.26. The number of carbonyl (C=O) groups excluding carboxylic acids is 1. The summed E-state index contributed by atoms with van der Waals surface area (Å²) in [6, 6.07) is 4.69. The van der Waals surface area contributed by atoms with E-state index < -0.39 is 0 Å². The molecule has 1 aromatic rings. The van der Waals surface area contributed by atoms with Gasteiger partial charge in [-0.25, -0.2) is 0 Å². The van der Waals surface area contributed by atoms with Crippen LogP contribution in [0.5, 0.6) is 11.5 Å². The zero-order chi connectivity index (χ0) is 12.1. The van der Waals surface area contributed by atoms with Gasteiger partial charge in [-0.2, -0.15) is 0 Å². The summed E-state index contributed by atoms with van der Waals surface area (Å²) in [6.45, 7) is 4.85. The minimum atomic E-state index is -0.110. The molecular weight excluding hydrogens is 206 g/mol.